The molecule has 1 N–H and O–H groups in total. The number of benzene rings is 1. The number of rotatable bonds is 4. The first-order valence-corrected chi connectivity index (χ1v) is 5.12. The molecule has 0 saturated carbocycles. The van der Waals surface area contributed by atoms with Crippen molar-refractivity contribution in [3.63, 3.8) is 0 Å². The van der Waals surface area contributed by atoms with Gasteiger partial charge in [0, 0.05) is 0 Å². The van der Waals surface area contributed by atoms with E-state index in [0.717, 1.165) is 5.56 Å². The van der Waals surface area contributed by atoms with Gasteiger partial charge in [0.15, 0.2) is 0 Å². The van der Waals surface area contributed by atoms with E-state index in [2.05, 4.69) is 15.9 Å². The van der Waals surface area contributed by atoms with Crippen LogP contribution in [-0.2, 0) is 11.2 Å². The number of hydrogen-bond acceptors (Lipinski definition) is 1. The number of halogens is 2. The highest BCUT2D eigenvalue weighted by Crippen LogP contribution is 2.12. The van der Waals surface area contributed by atoms with Crippen molar-refractivity contribution in [2.75, 3.05) is 0 Å². The van der Waals surface area contributed by atoms with Crippen LogP contribution in [0, 0.1) is 5.82 Å². The number of aliphatic carboxylic acids is 1. The van der Waals surface area contributed by atoms with Gasteiger partial charge >= 0.3 is 5.97 Å². The molecule has 76 valence electrons. The molecule has 0 aliphatic heterocycles. The molecule has 1 rings (SSSR count). The number of hydrogen-bond donors (Lipinski definition) is 1. The maximum absolute atomic E-state index is 12.7. The van der Waals surface area contributed by atoms with Gasteiger partial charge in [-0.3, -0.25) is 4.79 Å². The molecule has 0 amide bonds. The van der Waals surface area contributed by atoms with Crippen molar-refractivity contribution in [3.05, 3.63) is 35.6 Å². The quantitative estimate of drug-likeness (QED) is 0.846. The van der Waals surface area contributed by atoms with E-state index in [-0.39, 0.29) is 5.82 Å². The highest BCUT2D eigenvalue weighted by Gasteiger charge is 2.12. The lowest BCUT2D eigenvalue weighted by Gasteiger charge is -2.04. The van der Waals surface area contributed by atoms with Crippen LogP contribution in [0.1, 0.15) is 12.0 Å². The minimum absolute atomic E-state index is 0.288. The average Bonchev–Trinajstić information content (AvgIpc) is 2.14. The molecule has 0 fully saturated rings. The smallest absolute Gasteiger partial charge is 0.317 e. The summed E-state index contributed by atoms with van der Waals surface area (Å²) in [6.45, 7) is 0. The van der Waals surface area contributed by atoms with Crippen molar-refractivity contribution < 1.29 is 14.3 Å². The third kappa shape index (κ3) is 3.46. The molecule has 0 aromatic heterocycles. The van der Waals surface area contributed by atoms with Crippen molar-refractivity contribution >= 4 is 21.9 Å². The van der Waals surface area contributed by atoms with Crippen LogP contribution in [0.4, 0.5) is 4.39 Å². The van der Waals surface area contributed by atoms with Gasteiger partial charge in [-0.1, -0.05) is 28.1 Å². The van der Waals surface area contributed by atoms with Gasteiger partial charge in [-0.25, -0.2) is 4.39 Å². The SMILES string of the molecule is O=C(O)C(Br)CCc1cccc(F)c1. The number of aryl methyl sites for hydroxylation is 1. The van der Waals surface area contributed by atoms with E-state index in [4.69, 9.17) is 5.11 Å². The maximum Gasteiger partial charge on any atom is 0.317 e. The molecule has 14 heavy (non-hydrogen) atoms. The summed E-state index contributed by atoms with van der Waals surface area (Å²) in [7, 11) is 0. The Morgan fingerprint density at radius 1 is 1.57 bits per heavy atom. The van der Waals surface area contributed by atoms with Crippen molar-refractivity contribution in [1.82, 2.24) is 0 Å². The molecule has 4 heteroatoms. The molecule has 0 aliphatic carbocycles. The normalized spacial score (nSPS) is 12.4. The van der Waals surface area contributed by atoms with Crippen molar-refractivity contribution in [2.45, 2.75) is 17.7 Å². The summed E-state index contributed by atoms with van der Waals surface area (Å²) >= 11 is 3.02. The van der Waals surface area contributed by atoms with E-state index in [9.17, 15) is 9.18 Å². The fraction of sp³-hybridized carbons (Fsp3) is 0.300. The van der Waals surface area contributed by atoms with E-state index >= 15 is 0 Å². The number of carboxylic acids is 1. The molecule has 2 nitrogen and oxygen atoms in total. The molecule has 0 aliphatic rings. The van der Waals surface area contributed by atoms with Crippen LogP contribution in [0.5, 0.6) is 0 Å². The lowest BCUT2D eigenvalue weighted by atomic mass is 10.1. The first kappa shape index (κ1) is 11.2. The molecular weight excluding hydrogens is 251 g/mol. The number of carbonyl (C=O) groups is 1. The summed E-state index contributed by atoms with van der Waals surface area (Å²) in [5, 5.41) is 8.59. The van der Waals surface area contributed by atoms with Crippen LogP contribution in [0.15, 0.2) is 24.3 Å². The van der Waals surface area contributed by atoms with Crippen LogP contribution < -0.4 is 0 Å². The molecule has 0 bridgehead atoms. The van der Waals surface area contributed by atoms with Gasteiger partial charge in [-0.05, 0) is 30.5 Å². The van der Waals surface area contributed by atoms with Crippen molar-refractivity contribution in [1.29, 1.82) is 0 Å². The highest BCUT2D eigenvalue weighted by atomic mass is 79.9. The zero-order chi connectivity index (χ0) is 10.6. The monoisotopic (exact) mass is 260 g/mol. The standard InChI is InChI=1S/C10H10BrFO2/c11-9(10(13)14)5-4-7-2-1-3-8(12)6-7/h1-3,6,9H,4-5H2,(H,13,14). The molecule has 1 unspecified atom stereocenters. The first-order chi connectivity index (χ1) is 6.59. The van der Waals surface area contributed by atoms with Crippen molar-refractivity contribution in [2.24, 2.45) is 0 Å². The second-order valence-electron chi connectivity index (χ2n) is 2.97. The van der Waals surface area contributed by atoms with Crippen LogP contribution in [0.25, 0.3) is 0 Å². The minimum Gasteiger partial charge on any atom is -0.480 e. The molecule has 1 aromatic rings. The molecule has 0 heterocycles. The second kappa shape index (κ2) is 5.10. The summed E-state index contributed by atoms with van der Waals surface area (Å²) in [5.74, 6) is -1.18. The predicted molar refractivity (Wildman–Crippen MR) is 55.1 cm³/mol. The van der Waals surface area contributed by atoms with Gasteiger partial charge in [-0.15, -0.1) is 0 Å². The summed E-state index contributed by atoms with van der Waals surface area (Å²) in [4.78, 5) is 9.90. The molecule has 1 atom stereocenters. The minimum atomic E-state index is -0.888. The Kier molecular flexibility index (Phi) is 4.07. The number of carboxylic acid groups (broad SMARTS) is 1. The predicted octanol–water partition coefficient (Wildman–Crippen LogP) is 2.61. The maximum atomic E-state index is 12.7. The lowest BCUT2D eigenvalue weighted by Crippen LogP contribution is -2.13. The Hall–Kier alpha value is -0.900. The topological polar surface area (TPSA) is 37.3 Å². The molecule has 0 radical (unpaired) electrons. The van der Waals surface area contributed by atoms with E-state index in [0.29, 0.717) is 12.8 Å². The fourth-order valence-corrected chi connectivity index (χ4v) is 1.34. The van der Waals surface area contributed by atoms with Gasteiger partial charge in [0.05, 0.1) is 0 Å². The molecule has 0 spiro atoms. The van der Waals surface area contributed by atoms with Crippen molar-refractivity contribution in [3.8, 4) is 0 Å². The van der Waals surface area contributed by atoms with Crippen LogP contribution in [0.3, 0.4) is 0 Å². The van der Waals surface area contributed by atoms with Crippen LogP contribution in [-0.4, -0.2) is 15.9 Å². The molecule has 1 aromatic carbocycles. The Balaban J connectivity index is 2.49. The highest BCUT2D eigenvalue weighted by molar-refractivity contribution is 9.10. The summed E-state index contributed by atoms with van der Waals surface area (Å²) in [5.41, 5.74) is 0.815. The van der Waals surface area contributed by atoms with Gasteiger partial charge < -0.3 is 5.11 Å². The van der Waals surface area contributed by atoms with E-state index in [1.807, 2.05) is 0 Å². The first-order valence-electron chi connectivity index (χ1n) is 4.21. The largest absolute Gasteiger partial charge is 0.480 e. The van der Waals surface area contributed by atoms with Gasteiger partial charge in [0.1, 0.15) is 10.6 Å². The molecule has 0 saturated heterocycles. The Bertz CT molecular complexity index is 328. The summed E-state index contributed by atoms with van der Waals surface area (Å²) in [6, 6.07) is 6.19. The van der Waals surface area contributed by atoms with Gasteiger partial charge in [-0.2, -0.15) is 0 Å². The Morgan fingerprint density at radius 3 is 2.86 bits per heavy atom. The zero-order valence-corrected chi connectivity index (χ0v) is 9.00. The summed E-state index contributed by atoms with van der Waals surface area (Å²) in [6.07, 6.45) is 1.01. The second-order valence-corrected chi connectivity index (χ2v) is 4.08. The summed E-state index contributed by atoms with van der Waals surface area (Å²) < 4.78 is 12.7. The Labute approximate surface area is 89.9 Å². The third-order valence-electron chi connectivity index (χ3n) is 1.84. The van der Waals surface area contributed by atoms with Gasteiger partial charge in [0.25, 0.3) is 0 Å². The zero-order valence-electron chi connectivity index (χ0n) is 7.41. The van der Waals surface area contributed by atoms with E-state index < -0.39 is 10.8 Å². The van der Waals surface area contributed by atoms with Gasteiger partial charge in [0.2, 0.25) is 0 Å². The van der Waals surface area contributed by atoms with E-state index in [1.54, 1.807) is 12.1 Å². The van der Waals surface area contributed by atoms with Crippen LogP contribution >= 0.6 is 15.9 Å². The average molecular weight is 261 g/mol. The molecular formula is C10H10BrFO2. The van der Waals surface area contributed by atoms with Crippen LogP contribution in [0.2, 0.25) is 0 Å². The lowest BCUT2D eigenvalue weighted by molar-refractivity contribution is -0.136. The Morgan fingerprint density at radius 2 is 2.29 bits per heavy atom. The third-order valence-corrected chi connectivity index (χ3v) is 2.69. The fourth-order valence-electron chi connectivity index (χ4n) is 1.11. The number of alkyl halides is 1. The van der Waals surface area contributed by atoms with E-state index in [1.165, 1.54) is 12.1 Å².